The Hall–Kier alpha value is -1.69. The van der Waals surface area contributed by atoms with E-state index in [1.165, 1.54) is 5.56 Å². The van der Waals surface area contributed by atoms with Crippen LogP contribution >= 0.6 is 15.9 Å². The van der Waals surface area contributed by atoms with Gasteiger partial charge in [0, 0.05) is 23.2 Å². The van der Waals surface area contributed by atoms with Gasteiger partial charge in [-0.05, 0) is 37.5 Å². The fraction of sp³-hybridized carbons (Fsp3) is 0.438. The first-order valence-electron chi connectivity index (χ1n) is 7.61. The predicted molar refractivity (Wildman–Crippen MR) is 94.8 cm³/mol. The van der Waals surface area contributed by atoms with Crippen LogP contribution in [0.4, 0.5) is 17.5 Å². The first-order valence-corrected chi connectivity index (χ1v) is 8.41. The molecule has 0 spiro atoms. The quantitative estimate of drug-likeness (QED) is 0.793. The third kappa shape index (κ3) is 4.40. The van der Waals surface area contributed by atoms with Gasteiger partial charge in [0.1, 0.15) is 0 Å². The number of halogens is 1. The minimum absolute atomic E-state index is 0.680. The zero-order valence-corrected chi connectivity index (χ0v) is 14.9. The number of nitrogens with zero attached hydrogens (tertiary/aromatic N) is 4. The highest BCUT2D eigenvalue weighted by atomic mass is 79.9. The number of hydrogen-bond acceptors (Lipinski definition) is 5. The van der Waals surface area contributed by atoms with Gasteiger partial charge in [0.05, 0.1) is 6.20 Å². The molecule has 0 aliphatic rings. The molecule has 118 valence electrons. The molecule has 1 aromatic carbocycles. The van der Waals surface area contributed by atoms with Gasteiger partial charge in [0.25, 0.3) is 0 Å². The summed E-state index contributed by atoms with van der Waals surface area (Å²) in [4.78, 5) is 6.75. The van der Waals surface area contributed by atoms with E-state index < -0.39 is 0 Å². The Morgan fingerprint density at radius 1 is 1.18 bits per heavy atom. The Kier molecular flexibility index (Phi) is 6.12. The topological polar surface area (TPSA) is 53.9 Å². The lowest BCUT2D eigenvalue weighted by Gasteiger charge is -2.21. The van der Waals surface area contributed by atoms with Crippen LogP contribution in [0, 0.1) is 6.92 Å². The van der Waals surface area contributed by atoms with Crippen LogP contribution < -0.4 is 10.2 Å². The summed E-state index contributed by atoms with van der Waals surface area (Å²) < 4.78 is 1.07. The second kappa shape index (κ2) is 8.08. The smallest absolute Gasteiger partial charge is 0.247 e. The van der Waals surface area contributed by atoms with Gasteiger partial charge in [0.15, 0.2) is 5.82 Å². The maximum atomic E-state index is 4.58. The molecule has 0 aliphatic heterocycles. The third-order valence-electron chi connectivity index (χ3n) is 3.26. The number of anilines is 3. The van der Waals surface area contributed by atoms with Crippen molar-refractivity contribution >= 4 is 33.4 Å². The van der Waals surface area contributed by atoms with Crippen LogP contribution in [0.1, 0.15) is 32.3 Å². The molecule has 0 bridgehead atoms. The second-order valence-corrected chi connectivity index (χ2v) is 6.07. The van der Waals surface area contributed by atoms with Crippen molar-refractivity contribution in [2.45, 2.75) is 33.6 Å². The fourth-order valence-electron chi connectivity index (χ4n) is 2.16. The lowest BCUT2D eigenvalue weighted by Crippen LogP contribution is -2.27. The van der Waals surface area contributed by atoms with Crippen LogP contribution in [0.25, 0.3) is 0 Å². The minimum Gasteiger partial charge on any atom is -0.339 e. The highest BCUT2D eigenvalue weighted by Gasteiger charge is 2.09. The van der Waals surface area contributed by atoms with E-state index in [9.17, 15) is 0 Å². The molecule has 0 aliphatic carbocycles. The number of aromatic nitrogens is 3. The predicted octanol–water partition coefficient (Wildman–Crippen LogP) is 4.31. The molecule has 5 nitrogen and oxygen atoms in total. The van der Waals surface area contributed by atoms with Crippen molar-refractivity contribution in [2.24, 2.45) is 0 Å². The van der Waals surface area contributed by atoms with E-state index in [4.69, 9.17) is 0 Å². The van der Waals surface area contributed by atoms with Crippen LogP contribution in [-0.4, -0.2) is 28.3 Å². The summed E-state index contributed by atoms with van der Waals surface area (Å²) in [6, 6.07) is 6.12. The lowest BCUT2D eigenvalue weighted by atomic mass is 10.2. The molecular formula is C16H22BrN5. The van der Waals surface area contributed by atoms with Crippen molar-refractivity contribution < 1.29 is 0 Å². The molecule has 0 unspecified atom stereocenters. The molecule has 2 aromatic rings. The Labute approximate surface area is 140 Å². The van der Waals surface area contributed by atoms with Crippen LogP contribution in [-0.2, 0) is 0 Å². The van der Waals surface area contributed by atoms with Crippen LogP contribution in [0.5, 0.6) is 0 Å². The van der Waals surface area contributed by atoms with E-state index >= 15 is 0 Å². The van der Waals surface area contributed by atoms with Crippen LogP contribution in [0.2, 0.25) is 0 Å². The van der Waals surface area contributed by atoms with Crippen molar-refractivity contribution in [1.29, 1.82) is 0 Å². The normalized spacial score (nSPS) is 10.5. The van der Waals surface area contributed by atoms with Gasteiger partial charge in [-0.2, -0.15) is 10.1 Å². The zero-order valence-electron chi connectivity index (χ0n) is 13.3. The number of rotatable bonds is 7. The Morgan fingerprint density at radius 3 is 2.55 bits per heavy atom. The molecule has 0 saturated carbocycles. The molecule has 1 heterocycles. The van der Waals surface area contributed by atoms with Crippen molar-refractivity contribution in [3.05, 3.63) is 34.4 Å². The van der Waals surface area contributed by atoms with Gasteiger partial charge < -0.3 is 10.2 Å². The maximum absolute atomic E-state index is 4.58. The molecule has 6 heteroatoms. The molecule has 1 N–H and O–H groups in total. The fourth-order valence-corrected chi connectivity index (χ4v) is 2.54. The van der Waals surface area contributed by atoms with Gasteiger partial charge in [-0.15, -0.1) is 5.10 Å². The maximum Gasteiger partial charge on any atom is 0.247 e. The Bertz CT molecular complexity index is 611. The Morgan fingerprint density at radius 2 is 1.91 bits per heavy atom. The molecule has 1 aromatic heterocycles. The number of aryl methyl sites for hydroxylation is 1. The van der Waals surface area contributed by atoms with E-state index in [1.807, 2.05) is 12.1 Å². The van der Waals surface area contributed by atoms with E-state index in [0.717, 1.165) is 36.1 Å². The molecule has 0 amide bonds. The van der Waals surface area contributed by atoms with Crippen molar-refractivity contribution in [1.82, 2.24) is 15.2 Å². The highest BCUT2D eigenvalue weighted by molar-refractivity contribution is 9.10. The van der Waals surface area contributed by atoms with E-state index in [-0.39, 0.29) is 0 Å². The van der Waals surface area contributed by atoms with Crippen molar-refractivity contribution in [3.63, 3.8) is 0 Å². The summed E-state index contributed by atoms with van der Waals surface area (Å²) in [6.07, 6.45) is 3.77. The standard InChI is InChI=1S/C16H22BrN5/c1-4-8-22(9-5-2)16-20-15(11-18-21-16)19-13-7-6-12(3)14(17)10-13/h6-7,10-11H,4-5,8-9H2,1-3H3,(H,19,20,21). The van der Waals surface area contributed by atoms with E-state index in [2.05, 4.69) is 68.2 Å². The molecule has 0 radical (unpaired) electrons. The van der Waals surface area contributed by atoms with Gasteiger partial charge >= 0.3 is 0 Å². The lowest BCUT2D eigenvalue weighted by molar-refractivity contribution is 0.711. The van der Waals surface area contributed by atoms with E-state index in [0.29, 0.717) is 11.8 Å². The largest absolute Gasteiger partial charge is 0.339 e. The summed E-state index contributed by atoms with van der Waals surface area (Å²) in [6.45, 7) is 8.25. The summed E-state index contributed by atoms with van der Waals surface area (Å²) >= 11 is 3.54. The first-order chi connectivity index (χ1) is 10.6. The van der Waals surface area contributed by atoms with Gasteiger partial charge in [-0.1, -0.05) is 35.8 Å². The summed E-state index contributed by atoms with van der Waals surface area (Å²) in [5.41, 5.74) is 2.17. The monoisotopic (exact) mass is 363 g/mol. The molecule has 0 fully saturated rings. The minimum atomic E-state index is 0.680. The van der Waals surface area contributed by atoms with Gasteiger partial charge in [-0.25, -0.2) is 0 Å². The molecule has 0 atom stereocenters. The van der Waals surface area contributed by atoms with Crippen molar-refractivity contribution in [2.75, 3.05) is 23.3 Å². The molecule has 22 heavy (non-hydrogen) atoms. The van der Waals surface area contributed by atoms with Gasteiger partial charge in [-0.3, -0.25) is 0 Å². The summed E-state index contributed by atoms with van der Waals surface area (Å²) in [7, 11) is 0. The number of nitrogens with one attached hydrogen (secondary N) is 1. The van der Waals surface area contributed by atoms with E-state index in [1.54, 1.807) is 6.20 Å². The first kappa shape index (κ1) is 16.7. The third-order valence-corrected chi connectivity index (χ3v) is 4.12. The average Bonchev–Trinajstić information content (AvgIpc) is 2.51. The van der Waals surface area contributed by atoms with Crippen molar-refractivity contribution in [3.8, 4) is 0 Å². The van der Waals surface area contributed by atoms with Gasteiger partial charge in [0.2, 0.25) is 5.95 Å². The second-order valence-electron chi connectivity index (χ2n) is 5.22. The van der Waals surface area contributed by atoms with Crippen LogP contribution in [0.3, 0.4) is 0 Å². The molecule has 2 rings (SSSR count). The van der Waals surface area contributed by atoms with Crippen LogP contribution in [0.15, 0.2) is 28.9 Å². The number of benzene rings is 1. The highest BCUT2D eigenvalue weighted by Crippen LogP contribution is 2.23. The summed E-state index contributed by atoms with van der Waals surface area (Å²) in [5.74, 6) is 1.39. The Balaban J connectivity index is 2.18. The SMILES string of the molecule is CCCN(CCC)c1nncc(Nc2ccc(C)c(Br)c2)n1. The zero-order chi connectivity index (χ0) is 15.9. The molecular weight excluding hydrogens is 342 g/mol. The molecule has 0 saturated heterocycles. The number of hydrogen-bond donors (Lipinski definition) is 1. The summed E-state index contributed by atoms with van der Waals surface area (Å²) in [5, 5.41) is 11.5. The average molecular weight is 364 g/mol.